The molecule has 4 heterocycles. The number of nitrogens with one attached hydrogen (secondary N) is 1. The Hall–Kier alpha value is -3.11. The highest BCUT2D eigenvalue weighted by molar-refractivity contribution is 5.63. The summed E-state index contributed by atoms with van der Waals surface area (Å²) in [5, 5.41) is 7.27. The van der Waals surface area contributed by atoms with E-state index in [2.05, 4.69) is 42.1 Å². The second-order valence-corrected chi connectivity index (χ2v) is 10.0. The summed E-state index contributed by atoms with van der Waals surface area (Å²) < 4.78 is 31.3. The van der Waals surface area contributed by atoms with Crippen molar-refractivity contribution in [1.82, 2.24) is 29.5 Å². The number of piperidine rings is 1. The summed E-state index contributed by atoms with van der Waals surface area (Å²) in [7, 11) is 2.18. The van der Waals surface area contributed by atoms with Crippen molar-refractivity contribution < 1.29 is 8.78 Å². The molecular formula is C26H34F2N8. The molecule has 5 rings (SSSR count). The molecule has 2 saturated heterocycles. The molecule has 10 heteroatoms. The Kier molecular flexibility index (Phi) is 7.15. The number of nitrogens with zero attached hydrogens (tertiary/aromatic N) is 7. The van der Waals surface area contributed by atoms with Gasteiger partial charge in [-0.15, -0.1) is 0 Å². The first-order chi connectivity index (χ1) is 17.4. The third-order valence-electron chi connectivity index (χ3n) is 7.21. The van der Waals surface area contributed by atoms with Gasteiger partial charge >= 0.3 is 0 Å². The van der Waals surface area contributed by atoms with Crippen molar-refractivity contribution >= 4 is 17.3 Å². The highest BCUT2D eigenvalue weighted by Gasteiger charge is 2.27. The Morgan fingerprint density at radius 2 is 1.72 bits per heavy atom. The molecule has 8 nitrogen and oxygen atoms in total. The van der Waals surface area contributed by atoms with Crippen molar-refractivity contribution in [2.45, 2.75) is 38.8 Å². The van der Waals surface area contributed by atoms with Gasteiger partial charge in [-0.2, -0.15) is 5.10 Å². The molecule has 2 fully saturated rings. The lowest BCUT2D eigenvalue weighted by Crippen LogP contribution is -2.53. The topological polar surface area (TPSA) is 65.4 Å². The van der Waals surface area contributed by atoms with Crippen molar-refractivity contribution in [1.29, 1.82) is 0 Å². The zero-order valence-corrected chi connectivity index (χ0v) is 21.2. The van der Waals surface area contributed by atoms with Gasteiger partial charge in [-0.3, -0.25) is 9.58 Å². The number of benzene rings is 1. The van der Waals surface area contributed by atoms with Gasteiger partial charge in [-0.25, -0.2) is 18.7 Å². The van der Waals surface area contributed by atoms with Crippen LogP contribution in [-0.2, 0) is 0 Å². The lowest BCUT2D eigenvalue weighted by atomic mass is 10.0. The van der Waals surface area contributed by atoms with E-state index in [0.29, 0.717) is 23.0 Å². The summed E-state index contributed by atoms with van der Waals surface area (Å²) in [6, 6.07) is 5.84. The molecule has 2 aliphatic heterocycles. The van der Waals surface area contributed by atoms with Crippen LogP contribution in [-0.4, -0.2) is 81.9 Å². The van der Waals surface area contributed by atoms with E-state index >= 15 is 4.39 Å². The third-order valence-corrected chi connectivity index (χ3v) is 7.21. The van der Waals surface area contributed by atoms with Crippen molar-refractivity contribution in [3.05, 3.63) is 48.4 Å². The quantitative estimate of drug-likeness (QED) is 0.550. The van der Waals surface area contributed by atoms with E-state index in [1.165, 1.54) is 18.9 Å². The Bertz CT molecular complexity index is 1180. The van der Waals surface area contributed by atoms with Crippen LogP contribution in [0.2, 0.25) is 0 Å². The van der Waals surface area contributed by atoms with Gasteiger partial charge in [0.25, 0.3) is 0 Å². The highest BCUT2D eigenvalue weighted by atomic mass is 19.1. The van der Waals surface area contributed by atoms with E-state index in [1.807, 2.05) is 19.9 Å². The lowest BCUT2D eigenvalue weighted by Gasteiger charge is -2.42. The standard InChI is InChI=1S/C26H34F2N8/c1-18(2)36-17-19(15-30-36)25-23(28)16-29-26(32-25)31-20-4-5-24(22(27)14-20)35-12-10-34(11-13-35)21-6-8-33(3)9-7-21/h4-5,14-18,21H,6-13H2,1-3H3,(H,29,31,32). The summed E-state index contributed by atoms with van der Waals surface area (Å²) >= 11 is 0. The number of halogens is 2. The summed E-state index contributed by atoms with van der Waals surface area (Å²) in [6.45, 7) is 9.81. The third kappa shape index (κ3) is 5.34. The van der Waals surface area contributed by atoms with Crippen LogP contribution in [0.25, 0.3) is 11.3 Å². The van der Waals surface area contributed by atoms with Crippen LogP contribution < -0.4 is 10.2 Å². The molecular weight excluding hydrogens is 462 g/mol. The molecule has 1 aromatic carbocycles. The van der Waals surface area contributed by atoms with Gasteiger partial charge in [-0.05, 0) is 65.0 Å². The number of hydrogen-bond acceptors (Lipinski definition) is 7. The first kappa shape index (κ1) is 24.6. The molecule has 2 aromatic heterocycles. The van der Waals surface area contributed by atoms with E-state index in [0.717, 1.165) is 45.5 Å². The second kappa shape index (κ2) is 10.5. The minimum atomic E-state index is -0.537. The van der Waals surface area contributed by atoms with Crippen LogP contribution in [0.1, 0.15) is 32.7 Å². The number of hydrogen-bond donors (Lipinski definition) is 1. The first-order valence-corrected chi connectivity index (χ1v) is 12.7. The van der Waals surface area contributed by atoms with Gasteiger partial charge in [0, 0.05) is 55.7 Å². The lowest BCUT2D eigenvalue weighted by molar-refractivity contribution is 0.115. The summed E-state index contributed by atoms with van der Waals surface area (Å²) in [5.41, 5.74) is 1.83. The van der Waals surface area contributed by atoms with Crippen LogP contribution in [0.5, 0.6) is 0 Å². The number of aromatic nitrogens is 4. The molecule has 0 radical (unpaired) electrons. The van der Waals surface area contributed by atoms with Crippen LogP contribution in [0.15, 0.2) is 36.8 Å². The maximum absolute atomic E-state index is 15.1. The van der Waals surface area contributed by atoms with Gasteiger partial charge in [0.2, 0.25) is 5.95 Å². The van der Waals surface area contributed by atoms with Crippen molar-refractivity contribution in [2.24, 2.45) is 0 Å². The van der Waals surface area contributed by atoms with E-state index < -0.39 is 5.82 Å². The van der Waals surface area contributed by atoms with Crippen LogP contribution in [0.3, 0.4) is 0 Å². The van der Waals surface area contributed by atoms with Gasteiger partial charge in [-0.1, -0.05) is 0 Å². The van der Waals surface area contributed by atoms with Crippen molar-refractivity contribution in [3.63, 3.8) is 0 Å². The van der Waals surface area contributed by atoms with Crippen molar-refractivity contribution in [3.8, 4) is 11.3 Å². The zero-order chi connectivity index (χ0) is 25.2. The highest BCUT2D eigenvalue weighted by Crippen LogP contribution is 2.28. The minimum Gasteiger partial charge on any atom is -0.367 e. The molecule has 0 atom stereocenters. The van der Waals surface area contributed by atoms with Gasteiger partial charge in [0.05, 0.1) is 18.1 Å². The minimum absolute atomic E-state index is 0.152. The number of likely N-dealkylation sites (tertiary alicyclic amines) is 1. The fourth-order valence-electron chi connectivity index (χ4n) is 5.03. The average molecular weight is 497 g/mol. The molecule has 1 N–H and O–H groups in total. The van der Waals surface area contributed by atoms with Crippen LogP contribution in [0, 0.1) is 11.6 Å². The average Bonchev–Trinajstić information content (AvgIpc) is 3.37. The van der Waals surface area contributed by atoms with E-state index in [1.54, 1.807) is 23.1 Å². The Morgan fingerprint density at radius 1 is 0.972 bits per heavy atom. The van der Waals surface area contributed by atoms with E-state index in [9.17, 15) is 4.39 Å². The second-order valence-electron chi connectivity index (χ2n) is 10.0. The molecule has 2 aliphatic rings. The predicted octanol–water partition coefficient (Wildman–Crippen LogP) is 4.16. The molecule has 3 aromatic rings. The molecule has 0 amide bonds. The van der Waals surface area contributed by atoms with Gasteiger partial charge in [0.1, 0.15) is 11.5 Å². The fourth-order valence-corrected chi connectivity index (χ4v) is 5.03. The fraction of sp³-hybridized carbons (Fsp3) is 0.500. The molecule has 0 spiro atoms. The zero-order valence-electron chi connectivity index (χ0n) is 21.2. The molecule has 0 bridgehead atoms. The summed E-state index contributed by atoms with van der Waals surface area (Å²) in [4.78, 5) is 15.4. The van der Waals surface area contributed by atoms with Crippen molar-refractivity contribution in [2.75, 3.05) is 56.5 Å². The monoisotopic (exact) mass is 496 g/mol. The molecule has 0 saturated carbocycles. The SMILES string of the molecule is CC(C)n1cc(-c2nc(Nc3ccc(N4CCN(C5CCN(C)CC5)CC4)c(F)c3)ncc2F)cn1. The largest absolute Gasteiger partial charge is 0.367 e. The number of rotatable bonds is 6. The van der Waals surface area contributed by atoms with Crippen LogP contribution >= 0.6 is 0 Å². The maximum atomic E-state index is 15.1. The molecule has 36 heavy (non-hydrogen) atoms. The Labute approximate surface area is 210 Å². The normalized spacial score (nSPS) is 18.2. The number of anilines is 3. The summed E-state index contributed by atoms with van der Waals surface area (Å²) in [6.07, 6.45) is 6.86. The Balaban J connectivity index is 1.24. The van der Waals surface area contributed by atoms with E-state index in [-0.39, 0.29) is 23.5 Å². The van der Waals surface area contributed by atoms with Crippen LogP contribution in [0.4, 0.5) is 26.1 Å². The smallest absolute Gasteiger partial charge is 0.227 e. The maximum Gasteiger partial charge on any atom is 0.227 e. The Morgan fingerprint density at radius 3 is 2.39 bits per heavy atom. The van der Waals surface area contributed by atoms with E-state index in [4.69, 9.17) is 0 Å². The first-order valence-electron chi connectivity index (χ1n) is 12.7. The molecule has 0 unspecified atom stereocenters. The molecule has 0 aliphatic carbocycles. The predicted molar refractivity (Wildman–Crippen MR) is 138 cm³/mol. The summed E-state index contributed by atoms with van der Waals surface area (Å²) in [5.74, 6) is -0.638. The van der Waals surface area contributed by atoms with Gasteiger partial charge < -0.3 is 15.1 Å². The van der Waals surface area contributed by atoms with Gasteiger partial charge in [0.15, 0.2) is 5.82 Å². The number of piperazine rings is 1. The molecule has 192 valence electrons.